The number of rotatable bonds is 3. The first kappa shape index (κ1) is 12.4. The molecule has 1 atom stereocenters. The van der Waals surface area contributed by atoms with Crippen LogP contribution >= 0.6 is 0 Å². The molecule has 0 aliphatic carbocycles. The molecule has 0 bridgehead atoms. The second-order valence-corrected chi connectivity index (χ2v) is 5.20. The van der Waals surface area contributed by atoms with Gasteiger partial charge in [-0.1, -0.05) is 35.9 Å². The molecule has 0 aromatic heterocycles. The highest BCUT2D eigenvalue weighted by atomic mass is 16.6. The maximum atomic E-state index is 5.52. The summed E-state index contributed by atoms with van der Waals surface area (Å²) in [5.74, 6) is 0.894. The molecule has 0 saturated carbocycles. The molecule has 2 heterocycles. The van der Waals surface area contributed by atoms with Crippen molar-refractivity contribution >= 4 is 5.71 Å². The van der Waals surface area contributed by atoms with Crippen LogP contribution in [0.5, 0.6) is 5.75 Å². The summed E-state index contributed by atoms with van der Waals surface area (Å²) in [6.07, 6.45) is 6.60. The summed E-state index contributed by atoms with van der Waals surface area (Å²) in [6, 6.07) is 8.51. The Labute approximate surface area is 114 Å². The van der Waals surface area contributed by atoms with Gasteiger partial charge in [0.1, 0.15) is 0 Å². The van der Waals surface area contributed by atoms with Crippen molar-refractivity contribution in [2.75, 3.05) is 13.1 Å². The third-order valence-electron chi connectivity index (χ3n) is 3.90. The molecule has 3 rings (SSSR count). The Morgan fingerprint density at radius 3 is 2.84 bits per heavy atom. The van der Waals surface area contributed by atoms with Crippen molar-refractivity contribution in [2.24, 2.45) is 5.16 Å². The van der Waals surface area contributed by atoms with E-state index in [1.54, 1.807) is 0 Å². The minimum absolute atomic E-state index is 0.267. The SMILES string of the molecule is C=CCC1=NOc2ccccc2C1N1CCCCC1. The molecular weight excluding hydrogens is 236 g/mol. The van der Waals surface area contributed by atoms with Gasteiger partial charge in [0, 0.05) is 12.0 Å². The number of piperidine rings is 1. The average Bonchev–Trinajstić information content (AvgIpc) is 2.48. The average molecular weight is 256 g/mol. The van der Waals surface area contributed by atoms with Gasteiger partial charge in [-0.2, -0.15) is 0 Å². The second-order valence-electron chi connectivity index (χ2n) is 5.20. The van der Waals surface area contributed by atoms with Crippen LogP contribution in [-0.4, -0.2) is 23.7 Å². The van der Waals surface area contributed by atoms with Crippen LogP contribution in [0.3, 0.4) is 0 Å². The molecule has 19 heavy (non-hydrogen) atoms. The molecule has 1 unspecified atom stereocenters. The lowest BCUT2D eigenvalue weighted by molar-refractivity contribution is 0.186. The largest absolute Gasteiger partial charge is 0.357 e. The summed E-state index contributed by atoms with van der Waals surface area (Å²) in [5.41, 5.74) is 2.33. The topological polar surface area (TPSA) is 24.8 Å². The second kappa shape index (κ2) is 5.57. The van der Waals surface area contributed by atoms with Gasteiger partial charge < -0.3 is 4.84 Å². The summed E-state index contributed by atoms with van der Waals surface area (Å²) in [6.45, 7) is 6.13. The van der Waals surface area contributed by atoms with E-state index in [4.69, 9.17) is 4.84 Å². The quantitative estimate of drug-likeness (QED) is 0.773. The summed E-state index contributed by atoms with van der Waals surface area (Å²) < 4.78 is 0. The standard InChI is InChI=1S/C16H20N2O/c1-2-8-14-16(18-11-6-3-7-12-18)13-9-4-5-10-15(13)19-17-14/h2,4-5,9-10,16H,1,3,6-8,11-12H2. The van der Waals surface area contributed by atoms with Gasteiger partial charge in [-0.3, -0.25) is 4.90 Å². The molecule has 0 spiro atoms. The van der Waals surface area contributed by atoms with Crippen molar-refractivity contribution in [3.05, 3.63) is 42.5 Å². The van der Waals surface area contributed by atoms with Crippen molar-refractivity contribution in [2.45, 2.75) is 31.7 Å². The molecule has 1 aromatic carbocycles. The summed E-state index contributed by atoms with van der Waals surface area (Å²) in [4.78, 5) is 8.06. The van der Waals surface area contributed by atoms with Gasteiger partial charge in [-0.25, -0.2) is 0 Å². The van der Waals surface area contributed by atoms with E-state index in [9.17, 15) is 0 Å². The third kappa shape index (κ3) is 2.43. The zero-order chi connectivity index (χ0) is 13.1. The minimum Gasteiger partial charge on any atom is -0.357 e. The Kier molecular flexibility index (Phi) is 3.65. The molecule has 0 amide bonds. The monoisotopic (exact) mass is 256 g/mol. The van der Waals surface area contributed by atoms with Gasteiger partial charge in [0.05, 0.1) is 11.8 Å². The molecule has 3 nitrogen and oxygen atoms in total. The van der Waals surface area contributed by atoms with Crippen LogP contribution in [0.4, 0.5) is 0 Å². The molecule has 1 fully saturated rings. The number of para-hydroxylation sites is 1. The molecule has 1 saturated heterocycles. The van der Waals surface area contributed by atoms with E-state index in [0.29, 0.717) is 0 Å². The maximum absolute atomic E-state index is 5.52. The molecule has 3 heteroatoms. The fourth-order valence-corrected chi connectivity index (χ4v) is 3.01. The highest BCUT2D eigenvalue weighted by Crippen LogP contribution is 2.36. The van der Waals surface area contributed by atoms with Gasteiger partial charge in [-0.05, 0) is 32.0 Å². The Morgan fingerprint density at radius 1 is 1.26 bits per heavy atom. The van der Waals surface area contributed by atoms with Crippen LogP contribution < -0.4 is 4.84 Å². The fraction of sp³-hybridized carbons (Fsp3) is 0.438. The number of oxime groups is 1. The molecule has 100 valence electrons. The molecule has 0 N–H and O–H groups in total. The number of benzene rings is 1. The van der Waals surface area contributed by atoms with E-state index >= 15 is 0 Å². The molecular formula is C16H20N2O. The summed E-state index contributed by atoms with van der Waals surface area (Å²) in [7, 11) is 0. The predicted octanol–water partition coefficient (Wildman–Crippen LogP) is 3.54. The first-order valence-electron chi connectivity index (χ1n) is 7.08. The highest BCUT2D eigenvalue weighted by molar-refractivity contribution is 5.92. The van der Waals surface area contributed by atoms with Gasteiger partial charge in [-0.15, -0.1) is 6.58 Å². The summed E-state index contributed by atoms with van der Waals surface area (Å²) in [5, 5.41) is 4.32. The Balaban J connectivity index is 1.95. The number of hydrogen-bond donors (Lipinski definition) is 0. The first-order valence-corrected chi connectivity index (χ1v) is 7.08. The smallest absolute Gasteiger partial charge is 0.163 e. The van der Waals surface area contributed by atoms with E-state index in [1.807, 2.05) is 18.2 Å². The summed E-state index contributed by atoms with van der Waals surface area (Å²) >= 11 is 0. The molecule has 0 radical (unpaired) electrons. The lowest BCUT2D eigenvalue weighted by atomic mass is 9.94. The number of allylic oxidation sites excluding steroid dienone is 1. The van der Waals surface area contributed by atoms with Crippen LogP contribution in [0, 0.1) is 0 Å². The van der Waals surface area contributed by atoms with Crippen LogP contribution in [0.25, 0.3) is 0 Å². The van der Waals surface area contributed by atoms with Crippen molar-refractivity contribution in [3.63, 3.8) is 0 Å². The van der Waals surface area contributed by atoms with Gasteiger partial charge in [0.2, 0.25) is 0 Å². The normalized spacial score (nSPS) is 23.2. The lowest BCUT2D eigenvalue weighted by Gasteiger charge is -2.37. The van der Waals surface area contributed by atoms with Crippen LogP contribution in [0.15, 0.2) is 42.1 Å². The van der Waals surface area contributed by atoms with Crippen LogP contribution in [0.1, 0.15) is 37.3 Å². The minimum atomic E-state index is 0.267. The number of fused-ring (bicyclic) bond motifs is 1. The van der Waals surface area contributed by atoms with Crippen molar-refractivity contribution in [1.82, 2.24) is 4.90 Å². The van der Waals surface area contributed by atoms with Crippen molar-refractivity contribution < 1.29 is 4.84 Å². The number of likely N-dealkylation sites (tertiary alicyclic amines) is 1. The Hall–Kier alpha value is -1.61. The van der Waals surface area contributed by atoms with Gasteiger partial charge >= 0.3 is 0 Å². The number of nitrogens with zero attached hydrogens (tertiary/aromatic N) is 2. The highest BCUT2D eigenvalue weighted by Gasteiger charge is 2.31. The van der Waals surface area contributed by atoms with Crippen LogP contribution in [0.2, 0.25) is 0 Å². The Bertz CT molecular complexity index is 489. The molecule has 2 aliphatic rings. The van der Waals surface area contributed by atoms with Crippen molar-refractivity contribution in [3.8, 4) is 5.75 Å². The molecule has 2 aliphatic heterocycles. The van der Waals surface area contributed by atoms with Gasteiger partial charge in [0.25, 0.3) is 0 Å². The molecule has 1 aromatic rings. The Morgan fingerprint density at radius 2 is 2.05 bits per heavy atom. The number of hydrogen-bond acceptors (Lipinski definition) is 3. The van der Waals surface area contributed by atoms with E-state index in [0.717, 1.165) is 31.0 Å². The first-order chi connectivity index (χ1) is 9.40. The van der Waals surface area contributed by atoms with E-state index in [2.05, 4.69) is 28.8 Å². The third-order valence-corrected chi connectivity index (χ3v) is 3.90. The van der Waals surface area contributed by atoms with Crippen LogP contribution in [-0.2, 0) is 0 Å². The zero-order valence-corrected chi connectivity index (χ0v) is 11.2. The van der Waals surface area contributed by atoms with Crippen molar-refractivity contribution in [1.29, 1.82) is 0 Å². The predicted molar refractivity (Wildman–Crippen MR) is 77.5 cm³/mol. The van der Waals surface area contributed by atoms with E-state index < -0.39 is 0 Å². The van der Waals surface area contributed by atoms with Gasteiger partial charge in [0.15, 0.2) is 5.75 Å². The fourth-order valence-electron chi connectivity index (χ4n) is 3.01. The maximum Gasteiger partial charge on any atom is 0.163 e. The van der Waals surface area contributed by atoms with E-state index in [-0.39, 0.29) is 6.04 Å². The van der Waals surface area contributed by atoms with E-state index in [1.165, 1.54) is 24.8 Å². The zero-order valence-electron chi connectivity index (χ0n) is 11.2. The lowest BCUT2D eigenvalue weighted by Crippen LogP contribution is -2.39.